The van der Waals surface area contributed by atoms with Gasteiger partial charge in [0.25, 0.3) is 0 Å². The van der Waals surface area contributed by atoms with Crippen LogP contribution in [0.2, 0.25) is 0 Å². The lowest BCUT2D eigenvalue weighted by Crippen LogP contribution is -2.15. The summed E-state index contributed by atoms with van der Waals surface area (Å²) >= 11 is 7.12. The van der Waals surface area contributed by atoms with Crippen molar-refractivity contribution in [1.82, 2.24) is 0 Å². The second-order valence-electron chi connectivity index (χ2n) is 4.74. The molecule has 0 spiro atoms. The lowest BCUT2D eigenvalue weighted by atomic mass is 9.98. The molecule has 2 nitrogen and oxygen atoms in total. The monoisotopic (exact) mass is 397 g/mol. The number of methoxy groups -OCH3 is 1. The van der Waals surface area contributed by atoms with Crippen LogP contribution in [0.3, 0.4) is 0 Å². The van der Waals surface area contributed by atoms with Crippen molar-refractivity contribution in [3.05, 3.63) is 62.0 Å². The summed E-state index contributed by atoms with van der Waals surface area (Å²) in [5.74, 6) is 0.868. The summed E-state index contributed by atoms with van der Waals surface area (Å²) in [6.07, 6.45) is 0.727. The average molecular weight is 399 g/mol. The largest absolute Gasteiger partial charge is 0.496 e. The van der Waals surface area contributed by atoms with E-state index in [1.54, 1.807) is 7.11 Å². The minimum Gasteiger partial charge on any atom is -0.496 e. The molecule has 2 aromatic rings. The van der Waals surface area contributed by atoms with E-state index < -0.39 is 0 Å². The van der Waals surface area contributed by atoms with Crippen molar-refractivity contribution < 1.29 is 4.74 Å². The first-order valence-electron chi connectivity index (χ1n) is 6.36. The number of halogens is 2. The van der Waals surface area contributed by atoms with Crippen LogP contribution < -0.4 is 10.5 Å². The van der Waals surface area contributed by atoms with E-state index in [0.717, 1.165) is 32.2 Å². The molecule has 0 bridgehead atoms. The fraction of sp³-hybridized carbons (Fsp3) is 0.250. The van der Waals surface area contributed by atoms with Crippen molar-refractivity contribution >= 4 is 31.9 Å². The van der Waals surface area contributed by atoms with Crippen LogP contribution in [0, 0.1) is 6.92 Å². The van der Waals surface area contributed by atoms with Gasteiger partial charge in [-0.05, 0) is 48.2 Å². The molecule has 0 aliphatic carbocycles. The van der Waals surface area contributed by atoms with Crippen LogP contribution in [0.25, 0.3) is 0 Å². The number of hydrogen-bond acceptors (Lipinski definition) is 2. The van der Waals surface area contributed by atoms with Gasteiger partial charge in [-0.25, -0.2) is 0 Å². The summed E-state index contributed by atoms with van der Waals surface area (Å²) < 4.78 is 7.52. The molecule has 4 heteroatoms. The standard InChI is InChI=1S/C16H17Br2NO/c1-10-4-3-5-13(16(10)18)14(19)9-11-8-12(17)6-7-15(11)20-2/h3-8,14H,9,19H2,1-2H3. The molecular formula is C16H17Br2NO. The summed E-state index contributed by atoms with van der Waals surface area (Å²) in [5.41, 5.74) is 9.78. The Morgan fingerprint density at radius 2 is 1.95 bits per heavy atom. The van der Waals surface area contributed by atoms with Gasteiger partial charge in [0.1, 0.15) is 5.75 Å². The van der Waals surface area contributed by atoms with Gasteiger partial charge in [0, 0.05) is 15.0 Å². The lowest BCUT2D eigenvalue weighted by Gasteiger charge is -2.17. The molecule has 0 aliphatic heterocycles. The van der Waals surface area contributed by atoms with Crippen LogP contribution >= 0.6 is 31.9 Å². The fourth-order valence-corrected chi connectivity index (χ4v) is 3.18. The third kappa shape index (κ3) is 3.43. The van der Waals surface area contributed by atoms with E-state index in [2.05, 4.69) is 57.0 Å². The van der Waals surface area contributed by atoms with Gasteiger partial charge in [-0.3, -0.25) is 0 Å². The fourth-order valence-electron chi connectivity index (χ4n) is 2.21. The Kier molecular flexibility index (Phi) is 5.24. The second kappa shape index (κ2) is 6.74. The van der Waals surface area contributed by atoms with E-state index in [1.165, 1.54) is 5.56 Å². The molecule has 0 aliphatic rings. The number of hydrogen-bond donors (Lipinski definition) is 1. The maximum atomic E-state index is 6.37. The van der Waals surface area contributed by atoms with Crippen LogP contribution in [-0.4, -0.2) is 7.11 Å². The molecule has 0 saturated carbocycles. The highest BCUT2D eigenvalue weighted by atomic mass is 79.9. The molecule has 1 unspecified atom stereocenters. The molecule has 0 radical (unpaired) electrons. The number of aryl methyl sites for hydroxylation is 1. The molecule has 0 heterocycles. The van der Waals surface area contributed by atoms with E-state index in [0.29, 0.717) is 0 Å². The van der Waals surface area contributed by atoms with Crippen molar-refractivity contribution in [2.45, 2.75) is 19.4 Å². The SMILES string of the molecule is COc1ccc(Br)cc1CC(N)c1cccc(C)c1Br. The molecular weight excluding hydrogens is 382 g/mol. The normalized spacial score (nSPS) is 12.2. The van der Waals surface area contributed by atoms with Crippen LogP contribution in [-0.2, 0) is 6.42 Å². The maximum Gasteiger partial charge on any atom is 0.122 e. The van der Waals surface area contributed by atoms with Crippen molar-refractivity contribution in [2.75, 3.05) is 7.11 Å². The number of ether oxygens (including phenoxy) is 1. The van der Waals surface area contributed by atoms with Crippen LogP contribution in [0.1, 0.15) is 22.7 Å². The molecule has 0 fully saturated rings. The Balaban J connectivity index is 2.30. The Labute approximate surface area is 136 Å². The molecule has 2 N–H and O–H groups in total. The Morgan fingerprint density at radius 3 is 2.65 bits per heavy atom. The molecule has 2 rings (SSSR count). The Bertz CT molecular complexity index is 613. The van der Waals surface area contributed by atoms with Gasteiger partial charge in [0.15, 0.2) is 0 Å². The summed E-state index contributed by atoms with van der Waals surface area (Å²) in [4.78, 5) is 0. The smallest absolute Gasteiger partial charge is 0.122 e. The first-order chi connectivity index (χ1) is 9.52. The van der Waals surface area contributed by atoms with Gasteiger partial charge in [-0.15, -0.1) is 0 Å². The van der Waals surface area contributed by atoms with Crippen molar-refractivity contribution in [3.63, 3.8) is 0 Å². The molecule has 0 aromatic heterocycles. The topological polar surface area (TPSA) is 35.2 Å². The lowest BCUT2D eigenvalue weighted by molar-refractivity contribution is 0.408. The summed E-state index contributed by atoms with van der Waals surface area (Å²) in [7, 11) is 1.68. The van der Waals surface area contributed by atoms with Crippen molar-refractivity contribution in [3.8, 4) is 5.75 Å². The van der Waals surface area contributed by atoms with Crippen LogP contribution in [0.15, 0.2) is 45.3 Å². The average Bonchev–Trinajstić information content (AvgIpc) is 2.42. The zero-order valence-electron chi connectivity index (χ0n) is 11.5. The van der Waals surface area contributed by atoms with E-state index >= 15 is 0 Å². The van der Waals surface area contributed by atoms with Gasteiger partial charge >= 0.3 is 0 Å². The second-order valence-corrected chi connectivity index (χ2v) is 6.45. The van der Waals surface area contributed by atoms with Crippen LogP contribution in [0.5, 0.6) is 5.75 Å². The first kappa shape index (κ1) is 15.5. The van der Waals surface area contributed by atoms with Gasteiger partial charge in [0.2, 0.25) is 0 Å². The highest BCUT2D eigenvalue weighted by Gasteiger charge is 2.14. The zero-order valence-corrected chi connectivity index (χ0v) is 14.7. The van der Waals surface area contributed by atoms with Gasteiger partial charge in [0.05, 0.1) is 7.11 Å². The summed E-state index contributed by atoms with van der Waals surface area (Å²) in [5, 5.41) is 0. The van der Waals surface area contributed by atoms with Crippen LogP contribution in [0.4, 0.5) is 0 Å². The third-order valence-electron chi connectivity index (χ3n) is 3.30. The van der Waals surface area contributed by atoms with Gasteiger partial charge in [-0.2, -0.15) is 0 Å². The van der Waals surface area contributed by atoms with E-state index in [4.69, 9.17) is 10.5 Å². The van der Waals surface area contributed by atoms with E-state index in [1.807, 2.05) is 18.2 Å². The number of nitrogens with two attached hydrogens (primary N) is 1. The predicted molar refractivity (Wildman–Crippen MR) is 90.2 cm³/mol. The first-order valence-corrected chi connectivity index (χ1v) is 7.94. The molecule has 0 saturated heterocycles. The maximum absolute atomic E-state index is 6.37. The zero-order chi connectivity index (χ0) is 14.7. The minimum absolute atomic E-state index is 0.0764. The minimum atomic E-state index is -0.0764. The Morgan fingerprint density at radius 1 is 1.20 bits per heavy atom. The molecule has 106 valence electrons. The van der Waals surface area contributed by atoms with Gasteiger partial charge < -0.3 is 10.5 Å². The predicted octanol–water partition coefficient (Wildman–Crippen LogP) is 4.77. The highest BCUT2D eigenvalue weighted by Crippen LogP contribution is 2.31. The van der Waals surface area contributed by atoms with Gasteiger partial charge in [-0.1, -0.05) is 50.1 Å². The molecule has 20 heavy (non-hydrogen) atoms. The van der Waals surface area contributed by atoms with E-state index in [9.17, 15) is 0 Å². The van der Waals surface area contributed by atoms with E-state index in [-0.39, 0.29) is 6.04 Å². The van der Waals surface area contributed by atoms with Crippen molar-refractivity contribution in [2.24, 2.45) is 5.73 Å². The molecule has 2 aromatic carbocycles. The Hall–Kier alpha value is -0.840. The molecule has 1 atom stereocenters. The highest BCUT2D eigenvalue weighted by molar-refractivity contribution is 9.10. The third-order valence-corrected chi connectivity index (χ3v) is 4.88. The summed E-state index contributed by atoms with van der Waals surface area (Å²) in [6.45, 7) is 2.07. The number of benzene rings is 2. The quantitative estimate of drug-likeness (QED) is 0.804. The van der Waals surface area contributed by atoms with Crippen molar-refractivity contribution in [1.29, 1.82) is 0 Å². The summed E-state index contributed by atoms with van der Waals surface area (Å²) in [6, 6.07) is 12.1. The number of rotatable bonds is 4. The molecule has 0 amide bonds.